The molecule has 0 amide bonds. The van der Waals surface area contributed by atoms with Crippen LogP contribution in [0.1, 0.15) is 179 Å². The molecule has 9 aromatic carbocycles. The average molecular weight is 1030 g/mol. The minimum Gasteiger partial charge on any atom is -0.310 e. The molecule has 9 aromatic rings. The maximum absolute atomic E-state index is 2.61. The number of fused-ring (bicyclic) bond motifs is 12. The fourth-order valence-electron chi connectivity index (χ4n) is 14.9. The molecule has 0 unspecified atom stereocenters. The van der Waals surface area contributed by atoms with Crippen LogP contribution in [-0.2, 0) is 37.9 Å². The van der Waals surface area contributed by atoms with E-state index in [2.05, 4.69) is 292 Å². The molecule has 0 aliphatic heterocycles. The summed E-state index contributed by atoms with van der Waals surface area (Å²) in [6.07, 6.45) is 0. The minimum absolute atomic E-state index is 0.0446. The molecule has 4 aliphatic carbocycles. The Labute approximate surface area is 472 Å². The van der Waals surface area contributed by atoms with Gasteiger partial charge in [0.05, 0.1) is 0 Å². The molecule has 1 heteroatoms. The molecule has 0 spiro atoms. The van der Waals surface area contributed by atoms with E-state index >= 15 is 0 Å². The average Bonchev–Trinajstić information content (AvgIpc) is 4.21. The third-order valence-electron chi connectivity index (χ3n) is 19.5. The molecule has 0 fully saturated rings. The topological polar surface area (TPSA) is 3.24 Å². The second-order valence-electron chi connectivity index (χ2n) is 29.1. The lowest BCUT2D eigenvalue weighted by molar-refractivity contribution is 0.584. The van der Waals surface area contributed by atoms with E-state index in [1.807, 2.05) is 0 Å². The summed E-state index contributed by atoms with van der Waals surface area (Å²) in [5.74, 6) is 0. The first-order valence-electron chi connectivity index (χ1n) is 29.2. The van der Waals surface area contributed by atoms with Gasteiger partial charge in [-0.05, 0) is 193 Å². The number of benzene rings is 9. The summed E-state index contributed by atoms with van der Waals surface area (Å²) in [5.41, 5.74) is 33.6. The van der Waals surface area contributed by atoms with Crippen LogP contribution in [0.3, 0.4) is 0 Å². The Morgan fingerprint density at radius 3 is 0.924 bits per heavy atom. The Hall–Kier alpha value is -7.22. The van der Waals surface area contributed by atoms with Gasteiger partial charge in [0.25, 0.3) is 0 Å². The molecule has 0 aromatic heterocycles. The lowest BCUT2D eigenvalue weighted by atomic mass is 9.75. The van der Waals surface area contributed by atoms with Crippen molar-refractivity contribution in [1.82, 2.24) is 0 Å². The van der Waals surface area contributed by atoms with E-state index < -0.39 is 0 Å². The fraction of sp³-hybridized carbons (Fsp3) is 0.308. The van der Waals surface area contributed by atoms with E-state index in [0.717, 1.165) is 17.1 Å². The standard InChI is InChI=1S/C78H79N/c1-72(2,3)48-28-34-57-59-36-30-50(44-69(59)77(14,15)67(57)40-48)79(51-31-37-60-58-35-29-49(73(4,5)6)41-68(58)78(16,17)70(60)45-51)52-42-61(46-26-32-55-53-22-18-20-24-63(53)75(10,11)65(55)38-46)71(74(7,8)9)62(43-52)47-27-33-56-54-23-19-21-25-64(54)76(12,13)66(56)39-47/h18-45H,1-17H3. The van der Waals surface area contributed by atoms with E-state index in [0.29, 0.717) is 0 Å². The zero-order chi connectivity index (χ0) is 55.9. The van der Waals surface area contributed by atoms with Crippen molar-refractivity contribution in [3.05, 3.63) is 231 Å². The SMILES string of the molecule is CC(C)(C)c1ccc2c(c1)C(C)(C)c1cc(N(c3cc(-c4ccc5c(c4)C(C)(C)c4ccccc4-5)c(C(C)(C)C)c(-c4ccc5c(c4)C(C)(C)c4ccccc4-5)c3)c3ccc4c(c3)C(C)(C)c3cc(C(C)(C)C)ccc3-4)ccc1-2. The van der Waals surface area contributed by atoms with E-state index in [9.17, 15) is 0 Å². The van der Waals surface area contributed by atoms with E-state index in [1.54, 1.807) is 0 Å². The maximum atomic E-state index is 2.61. The van der Waals surface area contributed by atoms with Gasteiger partial charge in [0.1, 0.15) is 0 Å². The van der Waals surface area contributed by atoms with Crippen molar-refractivity contribution in [2.45, 2.75) is 156 Å². The van der Waals surface area contributed by atoms with Crippen molar-refractivity contribution in [3.63, 3.8) is 0 Å². The fourth-order valence-corrected chi connectivity index (χ4v) is 14.9. The predicted molar refractivity (Wildman–Crippen MR) is 338 cm³/mol. The Bertz CT molecular complexity index is 3810. The van der Waals surface area contributed by atoms with Crippen molar-refractivity contribution in [2.24, 2.45) is 0 Å². The molecule has 396 valence electrons. The van der Waals surface area contributed by atoms with Gasteiger partial charge in [0.15, 0.2) is 0 Å². The lowest BCUT2D eigenvalue weighted by Gasteiger charge is -2.33. The molecule has 0 bridgehead atoms. The zero-order valence-electron chi connectivity index (χ0n) is 50.1. The van der Waals surface area contributed by atoms with Crippen LogP contribution in [0.25, 0.3) is 66.8 Å². The Balaban J connectivity index is 1.09. The number of hydrogen-bond acceptors (Lipinski definition) is 1. The molecule has 0 radical (unpaired) electrons. The van der Waals surface area contributed by atoms with Crippen molar-refractivity contribution < 1.29 is 0 Å². The highest BCUT2D eigenvalue weighted by Crippen LogP contribution is 2.57. The first kappa shape index (κ1) is 51.2. The van der Waals surface area contributed by atoms with Crippen LogP contribution >= 0.6 is 0 Å². The molecule has 79 heavy (non-hydrogen) atoms. The number of nitrogens with zero attached hydrogens (tertiary/aromatic N) is 1. The molecule has 0 saturated heterocycles. The van der Waals surface area contributed by atoms with Gasteiger partial charge in [-0.25, -0.2) is 0 Å². The maximum Gasteiger partial charge on any atom is 0.0474 e. The van der Waals surface area contributed by atoms with Gasteiger partial charge >= 0.3 is 0 Å². The quantitative estimate of drug-likeness (QED) is 0.166. The van der Waals surface area contributed by atoms with Gasteiger partial charge in [0.2, 0.25) is 0 Å². The van der Waals surface area contributed by atoms with E-state index in [4.69, 9.17) is 0 Å². The van der Waals surface area contributed by atoms with Gasteiger partial charge in [-0.3, -0.25) is 0 Å². The van der Waals surface area contributed by atoms with Crippen LogP contribution in [0.2, 0.25) is 0 Å². The first-order chi connectivity index (χ1) is 37.1. The third-order valence-corrected chi connectivity index (χ3v) is 19.5. The van der Waals surface area contributed by atoms with Gasteiger partial charge in [-0.2, -0.15) is 0 Å². The summed E-state index contributed by atoms with van der Waals surface area (Å²) in [4.78, 5) is 2.61. The molecule has 0 atom stereocenters. The second kappa shape index (κ2) is 16.7. The molecule has 4 aliphatic rings. The van der Waals surface area contributed by atoms with Crippen LogP contribution in [0, 0.1) is 0 Å². The number of anilines is 3. The normalized spacial score (nSPS) is 16.3. The van der Waals surface area contributed by atoms with Gasteiger partial charge in [-0.15, -0.1) is 0 Å². The molecular weight excluding hydrogens is 951 g/mol. The molecule has 1 nitrogen and oxygen atoms in total. The summed E-state index contributed by atoms with van der Waals surface area (Å²) in [6, 6.07) is 67.2. The predicted octanol–water partition coefficient (Wildman–Crippen LogP) is 21.6. The van der Waals surface area contributed by atoms with Crippen molar-refractivity contribution in [2.75, 3.05) is 4.90 Å². The zero-order valence-corrected chi connectivity index (χ0v) is 50.1. The Morgan fingerprint density at radius 1 is 0.253 bits per heavy atom. The van der Waals surface area contributed by atoms with Crippen molar-refractivity contribution in [3.8, 4) is 66.8 Å². The van der Waals surface area contributed by atoms with Crippen LogP contribution in [0.5, 0.6) is 0 Å². The van der Waals surface area contributed by atoms with E-state index in [-0.39, 0.29) is 37.9 Å². The summed E-state index contributed by atoms with van der Waals surface area (Å²) in [5, 5.41) is 0. The lowest BCUT2D eigenvalue weighted by Crippen LogP contribution is -2.20. The summed E-state index contributed by atoms with van der Waals surface area (Å²) < 4.78 is 0. The van der Waals surface area contributed by atoms with Crippen molar-refractivity contribution in [1.29, 1.82) is 0 Å². The number of hydrogen-bond donors (Lipinski definition) is 0. The van der Waals surface area contributed by atoms with Crippen LogP contribution < -0.4 is 4.90 Å². The highest BCUT2D eigenvalue weighted by molar-refractivity contribution is 5.95. The van der Waals surface area contributed by atoms with Crippen LogP contribution in [0.4, 0.5) is 17.1 Å². The highest BCUT2D eigenvalue weighted by Gasteiger charge is 2.42. The monoisotopic (exact) mass is 1030 g/mol. The van der Waals surface area contributed by atoms with E-state index in [1.165, 1.54) is 128 Å². The highest BCUT2D eigenvalue weighted by atomic mass is 15.1. The summed E-state index contributed by atoms with van der Waals surface area (Å²) >= 11 is 0. The molecular formula is C78H79N. The largest absolute Gasteiger partial charge is 0.310 e. The Morgan fingerprint density at radius 2 is 0.557 bits per heavy atom. The molecule has 0 heterocycles. The van der Waals surface area contributed by atoms with Crippen LogP contribution in [-0.4, -0.2) is 0 Å². The Kier molecular flexibility index (Phi) is 10.8. The summed E-state index contributed by atoms with van der Waals surface area (Å²) in [7, 11) is 0. The third kappa shape index (κ3) is 7.54. The second-order valence-corrected chi connectivity index (χ2v) is 29.1. The molecule has 0 N–H and O–H groups in total. The van der Waals surface area contributed by atoms with Gasteiger partial charge < -0.3 is 4.90 Å². The number of rotatable bonds is 5. The van der Waals surface area contributed by atoms with Gasteiger partial charge in [0, 0.05) is 38.7 Å². The molecule has 13 rings (SSSR count). The smallest absolute Gasteiger partial charge is 0.0474 e. The first-order valence-corrected chi connectivity index (χ1v) is 29.2. The minimum atomic E-state index is -0.229. The molecule has 0 saturated carbocycles. The van der Waals surface area contributed by atoms with Crippen LogP contribution in [0.15, 0.2) is 170 Å². The summed E-state index contributed by atoms with van der Waals surface area (Å²) in [6.45, 7) is 40.7. The van der Waals surface area contributed by atoms with Crippen molar-refractivity contribution >= 4 is 17.1 Å². The van der Waals surface area contributed by atoms with Gasteiger partial charge in [-0.1, -0.05) is 239 Å².